The third kappa shape index (κ3) is 4.54. The summed E-state index contributed by atoms with van der Waals surface area (Å²) in [4.78, 5) is 19.3. The average Bonchev–Trinajstić information content (AvgIpc) is 3.19. The van der Waals surface area contributed by atoms with Crippen molar-refractivity contribution < 1.29 is 13.2 Å². The van der Waals surface area contributed by atoms with Crippen LogP contribution in [0.1, 0.15) is 30.5 Å². The Kier molecular flexibility index (Phi) is 6.47. The molecular weight excluding hydrogens is 452 g/mol. The Hall–Kier alpha value is -1.83. The number of sulfone groups is 1. The SMILES string of the molecule is CCc1cccc(CC)c1N1C(=NC(=O)Cc2ccccc2Cl)SC2CS(=O)(=O)CC21. The Morgan fingerprint density at radius 2 is 1.71 bits per heavy atom. The van der Waals surface area contributed by atoms with Crippen molar-refractivity contribution in [3.63, 3.8) is 0 Å². The van der Waals surface area contributed by atoms with Crippen molar-refractivity contribution in [1.29, 1.82) is 0 Å². The topological polar surface area (TPSA) is 66.8 Å². The van der Waals surface area contributed by atoms with Gasteiger partial charge in [0.2, 0.25) is 0 Å². The molecule has 1 amide bonds. The number of benzene rings is 2. The van der Waals surface area contributed by atoms with E-state index in [1.807, 2.05) is 29.2 Å². The number of aliphatic imine (C=N–C) groups is 1. The highest BCUT2D eigenvalue weighted by Gasteiger charge is 2.50. The smallest absolute Gasteiger partial charge is 0.252 e. The van der Waals surface area contributed by atoms with E-state index in [2.05, 4.69) is 31.0 Å². The minimum Gasteiger partial charge on any atom is -0.315 e. The van der Waals surface area contributed by atoms with E-state index in [4.69, 9.17) is 11.6 Å². The van der Waals surface area contributed by atoms with E-state index in [9.17, 15) is 13.2 Å². The first kappa shape index (κ1) is 22.4. The zero-order valence-electron chi connectivity index (χ0n) is 17.5. The molecule has 2 aromatic rings. The standard InChI is InChI=1S/C23H25ClN2O3S2/c1-3-15-9-7-10-16(4-2)22(15)26-19-13-31(28,29)14-20(19)30-23(26)25-21(27)12-17-8-5-6-11-18(17)24/h5-11,19-20H,3-4,12-14H2,1-2H3. The monoisotopic (exact) mass is 476 g/mol. The molecule has 2 fully saturated rings. The summed E-state index contributed by atoms with van der Waals surface area (Å²) in [5.74, 6) is -0.0777. The Balaban J connectivity index is 1.75. The summed E-state index contributed by atoms with van der Waals surface area (Å²) in [7, 11) is -3.11. The van der Waals surface area contributed by atoms with Crippen molar-refractivity contribution in [2.75, 3.05) is 16.4 Å². The highest BCUT2D eigenvalue weighted by atomic mass is 35.5. The van der Waals surface area contributed by atoms with Gasteiger partial charge in [-0.15, -0.1) is 0 Å². The molecular formula is C23H25ClN2O3S2. The highest BCUT2D eigenvalue weighted by molar-refractivity contribution is 8.16. The minimum atomic E-state index is -3.11. The molecule has 5 nitrogen and oxygen atoms in total. The Bertz CT molecular complexity index is 1130. The normalized spacial score (nSPS) is 23.3. The summed E-state index contributed by atoms with van der Waals surface area (Å²) in [5.41, 5.74) is 4.01. The van der Waals surface area contributed by atoms with Gasteiger partial charge in [0.25, 0.3) is 5.91 Å². The molecule has 2 unspecified atom stereocenters. The van der Waals surface area contributed by atoms with Crippen molar-refractivity contribution in [2.45, 2.75) is 44.4 Å². The number of anilines is 1. The Morgan fingerprint density at radius 1 is 1.06 bits per heavy atom. The molecule has 0 aromatic heterocycles. The summed E-state index contributed by atoms with van der Waals surface area (Å²) in [6, 6.07) is 13.2. The van der Waals surface area contributed by atoms with E-state index in [0.717, 1.165) is 35.2 Å². The molecule has 2 heterocycles. The van der Waals surface area contributed by atoms with Gasteiger partial charge in [-0.05, 0) is 35.6 Å². The maximum Gasteiger partial charge on any atom is 0.252 e. The molecule has 2 aromatic carbocycles. The number of amides is 1. The summed E-state index contributed by atoms with van der Waals surface area (Å²) >= 11 is 7.63. The second-order valence-corrected chi connectivity index (χ2v) is 11.6. The molecule has 0 bridgehead atoms. The Labute approximate surface area is 192 Å². The molecule has 31 heavy (non-hydrogen) atoms. The summed E-state index contributed by atoms with van der Waals surface area (Å²) < 4.78 is 24.8. The predicted molar refractivity (Wildman–Crippen MR) is 129 cm³/mol. The van der Waals surface area contributed by atoms with Crippen LogP contribution in [0.15, 0.2) is 47.5 Å². The van der Waals surface area contributed by atoms with Gasteiger partial charge in [-0.3, -0.25) is 4.79 Å². The highest BCUT2D eigenvalue weighted by Crippen LogP contribution is 2.43. The fraction of sp³-hybridized carbons (Fsp3) is 0.391. The first-order valence-corrected chi connectivity index (χ1v) is 13.5. The molecule has 2 saturated heterocycles. The number of hydrogen-bond acceptors (Lipinski definition) is 4. The maximum absolute atomic E-state index is 12.8. The first-order chi connectivity index (χ1) is 14.8. The lowest BCUT2D eigenvalue weighted by atomic mass is 10.0. The zero-order valence-corrected chi connectivity index (χ0v) is 19.9. The molecule has 2 atom stereocenters. The lowest BCUT2D eigenvalue weighted by Gasteiger charge is -2.29. The number of carbonyl (C=O) groups excluding carboxylic acids is 1. The van der Waals surface area contributed by atoms with E-state index in [-0.39, 0.29) is 35.1 Å². The molecule has 8 heteroatoms. The fourth-order valence-electron chi connectivity index (χ4n) is 4.30. The molecule has 0 saturated carbocycles. The van der Waals surface area contributed by atoms with Crippen LogP contribution in [0.25, 0.3) is 0 Å². The quantitative estimate of drug-likeness (QED) is 0.643. The van der Waals surface area contributed by atoms with Gasteiger partial charge in [0, 0.05) is 16.0 Å². The van der Waals surface area contributed by atoms with E-state index in [1.54, 1.807) is 6.07 Å². The van der Waals surface area contributed by atoms with E-state index < -0.39 is 9.84 Å². The van der Waals surface area contributed by atoms with Crippen molar-refractivity contribution in [2.24, 2.45) is 4.99 Å². The maximum atomic E-state index is 12.8. The number of para-hydroxylation sites is 1. The molecule has 0 N–H and O–H groups in total. The fourth-order valence-corrected chi connectivity index (χ4v) is 8.42. The largest absolute Gasteiger partial charge is 0.315 e. The van der Waals surface area contributed by atoms with Gasteiger partial charge >= 0.3 is 0 Å². The van der Waals surface area contributed by atoms with Gasteiger partial charge in [-0.2, -0.15) is 4.99 Å². The number of carbonyl (C=O) groups is 1. The van der Waals surface area contributed by atoms with Crippen LogP contribution in [-0.2, 0) is 33.9 Å². The number of rotatable bonds is 5. The van der Waals surface area contributed by atoms with Crippen LogP contribution >= 0.6 is 23.4 Å². The number of thioether (sulfide) groups is 1. The van der Waals surface area contributed by atoms with Gasteiger partial charge in [0.1, 0.15) is 0 Å². The van der Waals surface area contributed by atoms with Crippen LogP contribution in [0.2, 0.25) is 5.02 Å². The molecule has 0 aliphatic carbocycles. The molecule has 0 spiro atoms. The average molecular weight is 477 g/mol. The number of halogens is 1. The van der Waals surface area contributed by atoms with Gasteiger partial charge in [0.15, 0.2) is 15.0 Å². The van der Waals surface area contributed by atoms with Crippen LogP contribution in [0, 0.1) is 0 Å². The minimum absolute atomic E-state index is 0.0869. The lowest BCUT2D eigenvalue weighted by Crippen LogP contribution is -2.39. The number of aryl methyl sites for hydroxylation is 2. The van der Waals surface area contributed by atoms with Gasteiger partial charge < -0.3 is 4.90 Å². The third-order valence-electron chi connectivity index (χ3n) is 5.79. The number of nitrogens with zero attached hydrogens (tertiary/aromatic N) is 2. The number of amidine groups is 1. The Morgan fingerprint density at radius 3 is 2.35 bits per heavy atom. The molecule has 2 aliphatic heterocycles. The van der Waals surface area contributed by atoms with Gasteiger partial charge in [-0.25, -0.2) is 8.42 Å². The van der Waals surface area contributed by atoms with Gasteiger partial charge in [0.05, 0.1) is 24.0 Å². The third-order valence-corrected chi connectivity index (χ3v) is 9.37. The number of hydrogen-bond donors (Lipinski definition) is 0. The van der Waals surface area contributed by atoms with Crippen LogP contribution < -0.4 is 4.90 Å². The number of fused-ring (bicyclic) bond motifs is 1. The van der Waals surface area contributed by atoms with E-state index in [1.165, 1.54) is 11.8 Å². The molecule has 0 radical (unpaired) electrons. The van der Waals surface area contributed by atoms with E-state index in [0.29, 0.717) is 10.2 Å². The zero-order chi connectivity index (χ0) is 22.2. The van der Waals surface area contributed by atoms with Crippen LogP contribution in [0.4, 0.5) is 5.69 Å². The lowest BCUT2D eigenvalue weighted by molar-refractivity contribution is -0.117. The molecule has 164 valence electrons. The van der Waals surface area contributed by atoms with Gasteiger partial charge in [-0.1, -0.05) is 73.6 Å². The molecule has 2 aliphatic rings. The first-order valence-electron chi connectivity index (χ1n) is 10.4. The predicted octanol–water partition coefficient (Wildman–Crippen LogP) is 4.31. The van der Waals surface area contributed by atoms with Crippen molar-refractivity contribution >= 4 is 50.0 Å². The van der Waals surface area contributed by atoms with Crippen molar-refractivity contribution in [1.82, 2.24) is 0 Å². The summed E-state index contributed by atoms with van der Waals surface area (Å²) in [5, 5.41) is 1.02. The van der Waals surface area contributed by atoms with Crippen LogP contribution in [0.5, 0.6) is 0 Å². The van der Waals surface area contributed by atoms with Crippen molar-refractivity contribution in [3.8, 4) is 0 Å². The second-order valence-electron chi connectivity index (χ2n) is 7.86. The summed E-state index contributed by atoms with van der Waals surface area (Å²) in [6.07, 6.45) is 1.74. The van der Waals surface area contributed by atoms with Crippen molar-refractivity contribution in [3.05, 3.63) is 64.2 Å². The summed E-state index contributed by atoms with van der Waals surface area (Å²) in [6.45, 7) is 4.17. The van der Waals surface area contributed by atoms with Crippen LogP contribution in [-0.4, -0.2) is 42.3 Å². The molecule has 4 rings (SSSR count). The van der Waals surface area contributed by atoms with Crippen LogP contribution in [0.3, 0.4) is 0 Å². The second kappa shape index (κ2) is 8.96. The van der Waals surface area contributed by atoms with E-state index >= 15 is 0 Å².